The number of hydrogen-bond acceptors (Lipinski definition) is 5. The van der Waals surface area contributed by atoms with Crippen LogP contribution in [-0.2, 0) is 19.1 Å². The molecular weight excluding hydrogens is 376 g/mol. The Morgan fingerprint density at radius 1 is 1.21 bits per heavy atom. The summed E-state index contributed by atoms with van der Waals surface area (Å²) in [5.74, 6) is -1.12. The van der Waals surface area contributed by atoms with E-state index in [1.165, 1.54) is 18.3 Å². The summed E-state index contributed by atoms with van der Waals surface area (Å²) in [6.07, 6.45) is 4.81. The predicted molar refractivity (Wildman–Crippen MR) is 103 cm³/mol. The third kappa shape index (κ3) is 3.29. The molecule has 2 saturated heterocycles. The first-order valence-corrected chi connectivity index (χ1v) is 9.38. The van der Waals surface area contributed by atoms with Crippen molar-refractivity contribution in [1.82, 2.24) is 9.80 Å². The van der Waals surface area contributed by atoms with Gasteiger partial charge in [0.15, 0.2) is 0 Å². The highest BCUT2D eigenvalue weighted by atomic mass is 16.5. The van der Waals surface area contributed by atoms with Gasteiger partial charge in [-0.15, -0.1) is 0 Å². The van der Waals surface area contributed by atoms with E-state index in [4.69, 9.17) is 9.47 Å². The van der Waals surface area contributed by atoms with E-state index in [1.54, 1.807) is 17.1 Å². The number of nitrogens with zero attached hydrogens (tertiary/aromatic N) is 2. The molecule has 3 aliphatic rings. The molecule has 8 nitrogen and oxygen atoms in total. The molecule has 0 spiro atoms. The molecule has 3 heterocycles. The molecule has 1 aromatic carbocycles. The number of carboxylic acid groups (broad SMARTS) is 1. The van der Waals surface area contributed by atoms with Crippen LogP contribution < -0.4 is 4.74 Å². The Bertz CT molecular complexity index is 924. The number of carboxylic acids is 1. The molecule has 3 aliphatic heterocycles. The Hall–Kier alpha value is -3.13. The van der Waals surface area contributed by atoms with Gasteiger partial charge in [0.05, 0.1) is 6.26 Å². The molecule has 0 unspecified atom stereocenters. The molecule has 152 valence electrons. The fraction of sp³-hybridized carbons (Fsp3) is 0.381. The minimum absolute atomic E-state index is 0.0658. The number of para-hydroxylation sites is 1. The number of ether oxygens (including phenoxy) is 2. The van der Waals surface area contributed by atoms with Crippen LogP contribution in [0.4, 0.5) is 0 Å². The monoisotopic (exact) mass is 398 g/mol. The number of rotatable bonds is 4. The number of carbonyl (C=O) groups excluding carboxylic acids is 2. The van der Waals surface area contributed by atoms with Gasteiger partial charge in [0.1, 0.15) is 17.8 Å². The first-order chi connectivity index (χ1) is 13.9. The number of fused-ring (bicyclic) bond motifs is 2. The van der Waals surface area contributed by atoms with Crippen LogP contribution in [0.25, 0.3) is 6.08 Å². The molecule has 1 N–H and O–H groups in total. The summed E-state index contributed by atoms with van der Waals surface area (Å²) < 4.78 is 10.4. The second-order valence-corrected chi connectivity index (χ2v) is 7.61. The normalized spacial score (nSPS) is 25.0. The smallest absolute Gasteiger partial charge is 0.313 e. The van der Waals surface area contributed by atoms with E-state index in [0.29, 0.717) is 17.9 Å². The van der Waals surface area contributed by atoms with E-state index in [2.05, 4.69) is 0 Å². The second kappa shape index (κ2) is 7.36. The van der Waals surface area contributed by atoms with Crippen molar-refractivity contribution < 1.29 is 29.0 Å². The van der Waals surface area contributed by atoms with Crippen molar-refractivity contribution in [3.63, 3.8) is 0 Å². The lowest BCUT2D eigenvalue weighted by Crippen LogP contribution is -2.43. The van der Waals surface area contributed by atoms with Crippen LogP contribution in [0.15, 0.2) is 42.2 Å². The Morgan fingerprint density at radius 2 is 1.93 bits per heavy atom. The fourth-order valence-electron chi connectivity index (χ4n) is 4.35. The lowest BCUT2D eigenvalue weighted by molar-refractivity contribution is -0.149. The maximum absolute atomic E-state index is 13.1. The lowest BCUT2D eigenvalue weighted by Gasteiger charge is -2.25. The summed E-state index contributed by atoms with van der Waals surface area (Å²) >= 11 is 0. The Morgan fingerprint density at radius 3 is 2.66 bits per heavy atom. The van der Waals surface area contributed by atoms with Crippen molar-refractivity contribution in [2.75, 3.05) is 39.9 Å². The number of aliphatic carboxylic acids is 1. The summed E-state index contributed by atoms with van der Waals surface area (Å²) in [5.41, 5.74) is 0.0648. The highest BCUT2D eigenvalue weighted by molar-refractivity contribution is 6.01. The van der Waals surface area contributed by atoms with Crippen LogP contribution in [0.1, 0.15) is 5.56 Å². The molecular formula is C21H22N2O6. The first-order valence-electron chi connectivity index (χ1n) is 9.38. The van der Waals surface area contributed by atoms with Gasteiger partial charge >= 0.3 is 5.97 Å². The summed E-state index contributed by atoms with van der Waals surface area (Å²) in [6, 6.07) is 7.38. The van der Waals surface area contributed by atoms with Gasteiger partial charge in [0.2, 0.25) is 5.91 Å². The number of methoxy groups -OCH3 is 1. The number of hydrogen-bond donors (Lipinski definition) is 1. The van der Waals surface area contributed by atoms with Gasteiger partial charge in [-0.25, -0.2) is 0 Å². The standard InChI is InChI=1S/C21H22N2O6/c1-28-11-18(24)22-9-16-10-23(13-21(16,12-22)20(26)27)19(25)15-6-7-29-17-5-3-2-4-14(17)8-15/h2-8,16H,9-13H2,1H3,(H,26,27)/t16-,21-/m1/s1. The minimum Gasteiger partial charge on any atom is -0.481 e. The van der Waals surface area contributed by atoms with Crippen molar-refractivity contribution >= 4 is 23.9 Å². The summed E-state index contributed by atoms with van der Waals surface area (Å²) in [4.78, 5) is 40.5. The summed E-state index contributed by atoms with van der Waals surface area (Å²) in [6.45, 7) is 0.660. The lowest BCUT2D eigenvalue weighted by atomic mass is 9.81. The van der Waals surface area contributed by atoms with E-state index in [-0.39, 0.29) is 44.0 Å². The highest BCUT2D eigenvalue weighted by Gasteiger charge is 2.59. The van der Waals surface area contributed by atoms with Gasteiger partial charge in [-0.05, 0) is 18.2 Å². The van der Waals surface area contributed by atoms with Crippen LogP contribution >= 0.6 is 0 Å². The van der Waals surface area contributed by atoms with Gasteiger partial charge in [0, 0.05) is 50.3 Å². The third-order valence-corrected chi connectivity index (χ3v) is 5.86. The Balaban J connectivity index is 1.55. The van der Waals surface area contributed by atoms with Crippen molar-refractivity contribution in [3.8, 4) is 5.75 Å². The molecule has 29 heavy (non-hydrogen) atoms. The van der Waals surface area contributed by atoms with E-state index in [1.807, 2.05) is 24.3 Å². The van der Waals surface area contributed by atoms with Crippen LogP contribution in [0, 0.1) is 11.3 Å². The number of carbonyl (C=O) groups is 3. The largest absolute Gasteiger partial charge is 0.481 e. The molecule has 2 atom stereocenters. The fourth-order valence-corrected chi connectivity index (χ4v) is 4.35. The van der Waals surface area contributed by atoms with Gasteiger partial charge in [-0.2, -0.15) is 0 Å². The average molecular weight is 398 g/mol. The third-order valence-electron chi connectivity index (χ3n) is 5.86. The number of likely N-dealkylation sites (tertiary alicyclic amines) is 2. The molecule has 2 fully saturated rings. The molecule has 8 heteroatoms. The molecule has 1 aromatic rings. The van der Waals surface area contributed by atoms with Crippen molar-refractivity contribution in [1.29, 1.82) is 0 Å². The molecule has 0 aliphatic carbocycles. The molecule has 0 aromatic heterocycles. The number of benzene rings is 1. The molecule has 0 saturated carbocycles. The van der Waals surface area contributed by atoms with Crippen molar-refractivity contribution in [3.05, 3.63) is 47.7 Å². The average Bonchev–Trinajstić information content (AvgIpc) is 3.15. The predicted octanol–water partition coefficient (Wildman–Crippen LogP) is 0.994. The zero-order valence-corrected chi connectivity index (χ0v) is 16.0. The Labute approximate surface area is 168 Å². The first kappa shape index (κ1) is 19.2. The zero-order chi connectivity index (χ0) is 20.6. The Kier molecular flexibility index (Phi) is 4.87. The molecule has 0 radical (unpaired) electrons. The van der Waals surface area contributed by atoms with E-state index in [9.17, 15) is 19.5 Å². The van der Waals surface area contributed by atoms with Crippen molar-refractivity contribution in [2.24, 2.45) is 11.3 Å². The van der Waals surface area contributed by atoms with Crippen LogP contribution in [0.3, 0.4) is 0 Å². The maximum atomic E-state index is 13.1. The van der Waals surface area contributed by atoms with Crippen molar-refractivity contribution in [2.45, 2.75) is 0 Å². The quantitative estimate of drug-likeness (QED) is 0.813. The second-order valence-electron chi connectivity index (χ2n) is 7.61. The van der Waals surface area contributed by atoms with Gasteiger partial charge in [-0.1, -0.05) is 18.2 Å². The SMILES string of the molecule is COCC(=O)N1C[C@@H]2CN(C(=O)C3=Cc4ccccc4OC=C3)C[C@]2(C(=O)O)C1. The van der Waals surface area contributed by atoms with Crippen LogP contribution in [0.2, 0.25) is 0 Å². The molecule has 0 bridgehead atoms. The maximum Gasteiger partial charge on any atom is 0.313 e. The van der Waals surface area contributed by atoms with Crippen LogP contribution in [0.5, 0.6) is 5.75 Å². The summed E-state index contributed by atoms with van der Waals surface area (Å²) in [5, 5.41) is 9.93. The van der Waals surface area contributed by atoms with E-state index in [0.717, 1.165) is 5.56 Å². The van der Waals surface area contributed by atoms with E-state index >= 15 is 0 Å². The topological polar surface area (TPSA) is 96.4 Å². The molecule has 4 rings (SSSR count). The number of amides is 2. The van der Waals surface area contributed by atoms with Gasteiger partial charge < -0.3 is 24.4 Å². The van der Waals surface area contributed by atoms with Gasteiger partial charge in [0.25, 0.3) is 5.91 Å². The minimum atomic E-state index is -1.15. The van der Waals surface area contributed by atoms with Gasteiger partial charge in [-0.3, -0.25) is 14.4 Å². The summed E-state index contributed by atoms with van der Waals surface area (Å²) in [7, 11) is 1.43. The zero-order valence-electron chi connectivity index (χ0n) is 16.0. The molecule has 2 amide bonds. The van der Waals surface area contributed by atoms with E-state index < -0.39 is 11.4 Å². The van der Waals surface area contributed by atoms with Crippen LogP contribution in [-0.4, -0.2) is 72.6 Å². The highest BCUT2D eigenvalue weighted by Crippen LogP contribution is 2.43.